The summed E-state index contributed by atoms with van der Waals surface area (Å²) in [6.45, 7) is 0. The van der Waals surface area contributed by atoms with Crippen LogP contribution in [0.5, 0.6) is 11.5 Å². The summed E-state index contributed by atoms with van der Waals surface area (Å²) in [4.78, 5) is 6.11. The predicted octanol–water partition coefficient (Wildman–Crippen LogP) is 3.39. The number of halogens is 4. The highest BCUT2D eigenvalue weighted by Gasteiger charge is 2.21. The Balaban J connectivity index is 2.17. The van der Waals surface area contributed by atoms with Crippen molar-refractivity contribution in [2.75, 3.05) is 7.11 Å². The van der Waals surface area contributed by atoms with Gasteiger partial charge in [-0.2, -0.15) is 22.5 Å². The average Bonchev–Trinajstić information content (AvgIpc) is 2.49. The highest BCUT2D eigenvalue weighted by atomic mass is 19.2. The van der Waals surface area contributed by atoms with Crippen LogP contribution in [-0.2, 0) is 0 Å². The molecule has 1 aromatic carbocycles. The van der Waals surface area contributed by atoms with Crippen LogP contribution in [0.4, 0.5) is 23.2 Å². The second kappa shape index (κ2) is 6.21. The number of hydrogen-bond acceptors (Lipinski definition) is 4. The van der Waals surface area contributed by atoms with E-state index in [1.54, 1.807) is 24.3 Å². The van der Waals surface area contributed by atoms with Crippen molar-refractivity contribution < 1.29 is 27.0 Å². The monoisotopic (exact) mass is 300 g/mol. The van der Waals surface area contributed by atoms with Crippen LogP contribution >= 0.6 is 0 Å². The number of benzene rings is 1. The molecule has 0 N–H and O–H groups in total. The Labute approximate surface area is 116 Å². The summed E-state index contributed by atoms with van der Waals surface area (Å²) in [6, 6.07) is 6.28. The van der Waals surface area contributed by atoms with Crippen LogP contribution in [0, 0.1) is 23.5 Å². The minimum absolute atomic E-state index is 0.381. The Morgan fingerprint density at radius 1 is 1.00 bits per heavy atom. The van der Waals surface area contributed by atoms with E-state index in [-0.39, 0.29) is 0 Å². The summed E-state index contributed by atoms with van der Waals surface area (Å²) in [5.41, 5.74) is 0.381. The van der Waals surface area contributed by atoms with Gasteiger partial charge in [0, 0.05) is 0 Å². The van der Waals surface area contributed by atoms with Gasteiger partial charge in [-0.25, -0.2) is 4.99 Å². The number of pyridine rings is 1. The van der Waals surface area contributed by atoms with Crippen LogP contribution < -0.4 is 9.47 Å². The van der Waals surface area contributed by atoms with Gasteiger partial charge in [-0.05, 0) is 24.3 Å². The molecule has 0 amide bonds. The molecule has 0 aliphatic carbocycles. The second-order valence-corrected chi connectivity index (χ2v) is 3.70. The van der Waals surface area contributed by atoms with Crippen LogP contribution in [0.3, 0.4) is 0 Å². The minimum atomic E-state index is -1.80. The van der Waals surface area contributed by atoms with E-state index in [4.69, 9.17) is 4.74 Å². The van der Waals surface area contributed by atoms with Gasteiger partial charge in [0.05, 0.1) is 12.8 Å². The van der Waals surface area contributed by atoms with Gasteiger partial charge < -0.3 is 9.47 Å². The number of nitrogens with zero attached hydrogens (tertiary/aromatic N) is 2. The van der Waals surface area contributed by atoms with Crippen molar-refractivity contribution in [3.63, 3.8) is 0 Å². The third-order valence-electron chi connectivity index (χ3n) is 2.40. The van der Waals surface area contributed by atoms with Crippen molar-refractivity contribution in [1.82, 2.24) is 4.98 Å². The molecule has 0 aliphatic rings. The summed E-state index contributed by atoms with van der Waals surface area (Å²) in [7, 11) is 1.49. The van der Waals surface area contributed by atoms with E-state index in [2.05, 4.69) is 14.7 Å². The van der Waals surface area contributed by atoms with E-state index < -0.39 is 29.3 Å². The maximum atomic E-state index is 13.2. The summed E-state index contributed by atoms with van der Waals surface area (Å²) in [5, 5.41) is 0. The zero-order valence-corrected chi connectivity index (χ0v) is 10.6. The Kier molecular flexibility index (Phi) is 4.36. The Bertz CT molecular complexity index is 649. The molecule has 0 radical (unpaired) electrons. The van der Waals surface area contributed by atoms with Gasteiger partial charge in [-0.1, -0.05) is 0 Å². The topological polar surface area (TPSA) is 43.7 Å². The molecule has 4 nitrogen and oxygen atoms in total. The summed E-state index contributed by atoms with van der Waals surface area (Å²) >= 11 is 0. The molecule has 21 heavy (non-hydrogen) atoms. The first kappa shape index (κ1) is 14.8. The van der Waals surface area contributed by atoms with Crippen LogP contribution in [-0.4, -0.2) is 18.5 Å². The van der Waals surface area contributed by atoms with E-state index in [1.165, 1.54) is 7.11 Å². The van der Waals surface area contributed by atoms with E-state index in [1.807, 2.05) is 0 Å². The van der Waals surface area contributed by atoms with Crippen molar-refractivity contribution in [2.45, 2.75) is 0 Å². The Morgan fingerprint density at radius 2 is 1.57 bits per heavy atom. The van der Waals surface area contributed by atoms with Gasteiger partial charge in [0.15, 0.2) is 6.40 Å². The van der Waals surface area contributed by atoms with Crippen molar-refractivity contribution in [3.05, 3.63) is 47.8 Å². The fourth-order valence-corrected chi connectivity index (χ4v) is 1.38. The molecule has 0 atom stereocenters. The lowest BCUT2D eigenvalue weighted by Crippen LogP contribution is -2.04. The molecular formula is C13H8F4N2O2. The molecule has 2 aromatic rings. The molecule has 0 saturated carbocycles. The molecule has 0 fully saturated rings. The molecular weight excluding hydrogens is 292 g/mol. The molecule has 0 aliphatic heterocycles. The first-order valence-electron chi connectivity index (χ1n) is 5.56. The van der Waals surface area contributed by atoms with Gasteiger partial charge in [0.25, 0.3) is 11.9 Å². The summed E-state index contributed by atoms with van der Waals surface area (Å²) in [5.74, 6) is -7.75. The minimum Gasteiger partial charge on any atom is -0.497 e. The first-order valence-corrected chi connectivity index (χ1v) is 5.56. The summed E-state index contributed by atoms with van der Waals surface area (Å²) < 4.78 is 61.5. The third kappa shape index (κ3) is 3.28. The normalized spacial score (nSPS) is 10.9. The third-order valence-corrected chi connectivity index (χ3v) is 2.40. The standard InChI is InChI=1S/C13H8F4N2O2/c1-20-8-4-2-7(3-5-8)18-6-21-11-9(14)12(16)19-13(17)10(11)15/h2-6H,1H3. The highest BCUT2D eigenvalue weighted by molar-refractivity contribution is 5.59. The maximum absolute atomic E-state index is 13.2. The van der Waals surface area contributed by atoms with E-state index in [0.717, 1.165) is 0 Å². The maximum Gasteiger partial charge on any atom is 0.255 e. The van der Waals surface area contributed by atoms with Crippen molar-refractivity contribution >= 4 is 12.1 Å². The molecule has 0 saturated heterocycles. The molecule has 110 valence electrons. The first-order chi connectivity index (χ1) is 10.0. The van der Waals surface area contributed by atoms with Gasteiger partial charge in [-0.15, -0.1) is 0 Å². The van der Waals surface area contributed by atoms with Crippen LogP contribution in [0.25, 0.3) is 0 Å². The average molecular weight is 300 g/mol. The second-order valence-electron chi connectivity index (χ2n) is 3.70. The quantitative estimate of drug-likeness (QED) is 0.376. The Hall–Kier alpha value is -2.64. The zero-order chi connectivity index (χ0) is 15.4. The number of aliphatic imine (C=N–C) groups is 1. The molecule has 8 heteroatoms. The van der Waals surface area contributed by atoms with Gasteiger partial charge in [0.1, 0.15) is 5.75 Å². The number of hydrogen-bond donors (Lipinski definition) is 0. The molecule has 0 bridgehead atoms. The molecule has 0 spiro atoms. The van der Waals surface area contributed by atoms with Gasteiger partial charge >= 0.3 is 0 Å². The summed E-state index contributed by atoms with van der Waals surface area (Å²) in [6.07, 6.45) is 0.655. The largest absolute Gasteiger partial charge is 0.497 e. The zero-order valence-electron chi connectivity index (χ0n) is 10.6. The van der Waals surface area contributed by atoms with E-state index >= 15 is 0 Å². The molecule has 1 aromatic heterocycles. The van der Waals surface area contributed by atoms with Crippen LogP contribution in [0.1, 0.15) is 0 Å². The lowest BCUT2D eigenvalue weighted by molar-refractivity contribution is 0.364. The number of aromatic nitrogens is 1. The van der Waals surface area contributed by atoms with Crippen molar-refractivity contribution in [3.8, 4) is 11.5 Å². The van der Waals surface area contributed by atoms with Crippen LogP contribution in [0.15, 0.2) is 29.3 Å². The van der Waals surface area contributed by atoms with Gasteiger partial charge in [0.2, 0.25) is 17.4 Å². The predicted molar refractivity (Wildman–Crippen MR) is 65.8 cm³/mol. The number of rotatable bonds is 4. The fourth-order valence-electron chi connectivity index (χ4n) is 1.38. The number of ether oxygens (including phenoxy) is 2. The lowest BCUT2D eigenvalue weighted by Gasteiger charge is -2.04. The molecule has 1 heterocycles. The van der Waals surface area contributed by atoms with Crippen molar-refractivity contribution in [2.24, 2.45) is 4.99 Å². The van der Waals surface area contributed by atoms with Crippen LogP contribution in [0.2, 0.25) is 0 Å². The lowest BCUT2D eigenvalue weighted by atomic mass is 10.3. The SMILES string of the molecule is COc1ccc(N=COc2c(F)c(F)nc(F)c2F)cc1. The van der Waals surface area contributed by atoms with Crippen molar-refractivity contribution in [1.29, 1.82) is 0 Å². The smallest absolute Gasteiger partial charge is 0.255 e. The fraction of sp³-hybridized carbons (Fsp3) is 0.0769. The highest BCUT2D eigenvalue weighted by Crippen LogP contribution is 2.24. The van der Waals surface area contributed by atoms with E-state index in [0.29, 0.717) is 17.8 Å². The number of methoxy groups -OCH3 is 1. The van der Waals surface area contributed by atoms with E-state index in [9.17, 15) is 17.6 Å². The molecule has 0 unspecified atom stereocenters. The van der Waals surface area contributed by atoms with Gasteiger partial charge in [-0.3, -0.25) is 0 Å². The Morgan fingerprint density at radius 3 is 2.10 bits per heavy atom. The molecule has 2 rings (SSSR count).